The lowest BCUT2D eigenvalue weighted by Gasteiger charge is -2.07. The number of aromatic nitrogens is 3. The van der Waals surface area contributed by atoms with Crippen molar-refractivity contribution in [1.82, 2.24) is 14.8 Å². The molecule has 0 aliphatic heterocycles. The number of nitrogens with zero attached hydrogens (tertiary/aromatic N) is 3. The summed E-state index contributed by atoms with van der Waals surface area (Å²) in [7, 11) is 1.62. The molecule has 150 valence electrons. The highest BCUT2D eigenvalue weighted by atomic mass is 16.5. The van der Waals surface area contributed by atoms with Crippen LogP contribution in [0.25, 0.3) is 5.69 Å². The Balaban J connectivity index is 1.52. The molecule has 0 unspecified atom stereocenters. The van der Waals surface area contributed by atoms with Crippen LogP contribution in [-0.2, 0) is 17.6 Å². The van der Waals surface area contributed by atoms with E-state index in [-0.39, 0.29) is 5.91 Å². The van der Waals surface area contributed by atoms with Crippen LogP contribution in [0.2, 0.25) is 0 Å². The highest BCUT2D eigenvalue weighted by Gasteiger charge is 2.27. The third-order valence-corrected chi connectivity index (χ3v) is 4.96. The normalized spacial score (nSPS) is 12.6. The summed E-state index contributed by atoms with van der Waals surface area (Å²) >= 11 is 0. The maximum atomic E-state index is 12.9. The number of pyridine rings is 1. The summed E-state index contributed by atoms with van der Waals surface area (Å²) in [5.74, 6) is 0.272. The van der Waals surface area contributed by atoms with Crippen molar-refractivity contribution in [2.75, 3.05) is 25.6 Å². The number of nitrogens with one attached hydrogen (secondary N) is 1. The number of aryl methyl sites for hydroxylation is 1. The summed E-state index contributed by atoms with van der Waals surface area (Å²) in [6.07, 6.45) is 4.42. The molecule has 1 aliphatic rings. The van der Waals surface area contributed by atoms with Gasteiger partial charge in [-0.2, -0.15) is 5.10 Å². The average molecular weight is 392 g/mol. The molecule has 1 aliphatic carbocycles. The zero-order chi connectivity index (χ0) is 20.2. The molecule has 2 aromatic heterocycles. The molecular formula is C22H24N4O3. The smallest absolute Gasteiger partial charge is 0.276 e. The van der Waals surface area contributed by atoms with E-state index in [4.69, 9.17) is 9.47 Å². The molecule has 29 heavy (non-hydrogen) atoms. The van der Waals surface area contributed by atoms with E-state index in [0.717, 1.165) is 36.2 Å². The molecule has 1 aromatic carbocycles. The molecule has 0 saturated heterocycles. The van der Waals surface area contributed by atoms with Gasteiger partial charge >= 0.3 is 0 Å². The van der Waals surface area contributed by atoms with Gasteiger partial charge in [0, 0.05) is 24.4 Å². The van der Waals surface area contributed by atoms with Gasteiger partial charge in [-0.05, 0) is 44.4 Å². The van der Waals surface area contributed by atoms with Crippen LogP contribution < -0.4 is 10.1 Å². The maximum absolute atomic E-state index is 12.9. The molecule has 0 spiro atoms. The van der Waals surface area contributed by atoms with Crippen molar-refractivity contribution in [3.63, 3.8) is 0 Å². The van der Waals surface area contributed by atoms with Gasteiger partial charge in [-0.3, -0.25) is 4.79 Å². The second-order valence-electron chi connectivity index (χ2n) is 7.06. The number of hydrogen-bond donors (Lipinski definition) is 1. The van der Waals surface area contributed by atoms with Gasteiger partial charge in [-0.15, -0.1) is 0 Å². The lowest BCUT2D eigenvalue weighted by molar-refractivity contribution is 0.102. The fourth-order valence-corrected chi connectivity index (χ4v) is 3.48. The summed E-state index contributed by atoms with van der Waals surface area (Å²) in [6, 6.07) is 11.7. The zero-order valence-corrected chi connectivity index (χ0v) is 16.6. The topological polar surface area (TPSA) is 78.3 Å². The molecule has 2 heterocycles. The van der Waals surface area contributed by atoms with Crippen LogP contribution in [0.3, 0.4) is 0 Å². The van der Waals surface area contributed by atoms with Crippen molar-refractivity contribution >= 4 is 11.6 Å². The molecule has 1 N–H and O–H groups in total. The van der Waals surface area contributed by atoms with E-state index in [9.17, 15) is 4.79 Å². The van der Waals surface area contributed by atoms with Gasteiger partial charge in [-0.25, -0.2) is 9.67 Å². The molecule has 3 aromatic rings. The Labute approximate surface area is 169 Å². The summed E-state index contributed by atoms with van der Waals surface area (Å²) in [5.41, 5.74) is 5.42. The van der Waals surface area contributed by atoms with E-state index in [1.54, 1.807) is 25.4 Å². The molecular weight excluding hydrogens is 368 g/mol. The average Bonchev–Trinajstić information content (AvgIpc) is 3.33. The summed E-state index contributed by atoms with van der Waals surface area (Å²) in [4.78, 5) is 17.1. The molecule has 0 fully saturated rings. The minimum absolute atomic E-state index is 0.219. The van der Waals surface area contributed by atoms with Gasteiger partial charge in [0.1, 0.15) is 6.61 Å². The first kappa shape index (κ1) is 19.1. The number of carbonyl (C=O) groups is 1. The molecule has 0 radical (unpaired) electrons. The summed E-state index contributed by atoms with van der Waals surface area (Å²) in [5, 5.41) is 7.54. The Morgan fingerprint density at radius 1 is 1.14 bits per heavy atom. The van der Waals surface area contributed by atoms with E-state index in [1.165, 1.54) is 5.56 Å². The van der Waals surface area contributed by atoms with Crippen LogP contribution in [-0.4, -0.2) is 41.0 Å². The number of carbonyl (C=O) groups excluding carboxylic acids is 1. The first-order valence-electron chi connectivity index (χ1n) is 9.72. The van der Waals surface area contributed by atoms with E-state index >= 15 is 0 Å². The standard InChI is InChI=1S/C22H24N4O3/c1-15-6-9-17(10-7-15)26-19-5-3-4-18(19)21(25-26)22(27)24-16-8-11-20(23-14-16)29-13-12-28-2/h6-11,14H,3-5,12-13H2,1-2H3,(H,24,27). The van der Waals surface area contributed by atoms with Crippen LogP contribution in [0, 0.1) is 6.92 Å². The molecule has 7 nitrogen and oxygen atoms in total. The zero-order valence-electron chi connectivity index (χ0n) is 16.6. The number of ether oxygens (including phenoxy) is 2. The molecule has 1 amide bonds. The van der Waals surface area contributed by atoms with E-state index in [1.807, 2.05) is 16.8 Å². The molecule has 0 saturated carbocycles. The van der Waals surface area contributed by atoms with Crippen molar-refractivity contribution in [3.8, 4) is 11.6 Å². The van der Waals surface area contributed by atoms with Crippen molar-refractivity contribution in [3.05, 3.63) is 65.1 Å². The number of rotatable bonds is 7. The highest BCUT2D eigenvalue weighted by Crippen LogP contribution is 2.28. The van der Waals surface area contributed by atoms with Crippen molar-refractivity contribution in [2.45, 2.75) is 26.2 Å². The number of methoxy groups -OCH3 is 1. The fourth-order valence-electron chi connectivity index (χ4n) is 3.48. The monoisotopic (exact) mass is 392 g/mol. The predicted molar refractivity (Wildman–Crippen MR) is 110 cm³/mol. The van der Waals surface area contributed by atoms with Crippen molar-refractivity contribution < 1.29 is 14.3 Å². The Kier molecular flexibility index (Phi) is 5.57. The minimum Gasteiger partial charge on any atom is -0.475 e. The largest absolute Gasteiger partial charge is 0.475 e. The first-order valence-corrected chi connectivity index (χ1v) is 9.72. The Morgan fingerprint density at radius 3 is 2.69 bits per heavy atom. The van der Waals surface area contributed by atoms with E-state index in [2.05, 4.69) is 34.5 Å². The second kappa shape index (κ2) is 8.45. The highest BCUT2D eigenvalue weighted by molar-refractivity contribution is 6.04. The Bertz CT molecular complexity index is 994. The Morgan fingerprint density at radius 2 is 1.97 bits per heavy atom. The third kappa shape index (κ3) is 4.14. The summed E-state index contributed by atoms with van der Waals surface area (Å²) < 4.78 is 12.3. The quantitative estimate of drug-likeness (QED) is 0.624. The third-order valence-electron chi connectivity index (χ3n) is 4.96. The molecule has 0 bridgehead atoms. The van der Waals surface area contributed by atoms with E-state index in [0.29, 0.717) is 30.5 Å². The lowest BCUT2D eigenvalue weighted by Crippen LogP contribution is -2.15. The number of benzene rings is 1. The number of amides is 1. The lowest BCUT2D eigenvalue weighted by atomic mass is 10.2. The van der Waals surface area contributed by atoms with Gasteiger partial charge in [0.25, 0.3) is 5.91 Å². The van der Waals surface area contributed by atoms with Gasteiger partial charge < -0.3 is 14.8 Å². The van der Waals surface area contributed by atoms with Gasteiger partial charge in [-0.1, -0.05) is 17.7 Å². The van der Waals surface area contributed by atoms with Crippen LogP contribution in [0.5, 0.6) is 5.88 Å². The molecule has 7 heteroatoms. The van der Waals surface area contributed by atoms with Crippen molar-refractivity contribution in [1.29, 1.82) is 0 Å². The minimum atomic E-state index is -0.219. The van der Waals surface area contributed by atoms with Crippen LogP contribution >= 0.6 is 0 Å². The van der Waals surface area contributed by atoms with Crippen molar-refractivity contribution in [2.24, 2.45) is 0 Å². The van der Waals surface area contributed by atoms with Gasteiger partial charge in [0.2, 0.25) is 5.88 Å². The SMILES string of the molecule is COCCOc1ccc(NC(=O)c2nn(-c3ccc(C)cc3)c3c2CCC3)cn1. The number of hydrogen-bond acceptors (Lipinski definition) is 5. The van der Waals surface area contributed by atoms with Crippen LogP contribution in [0.1, 0.15) is 33.7 Å². The predicted octanol–water partition coefficient (Wildman–Crippen LogP) is 3.34. The Hall–Kier alpha value is -3.19. The fraction of sp³-hybridized carbons (Fsp3) is 0.318. The number of fused-ring (bicyclic) bond motifs is 1. The van der Waals surface area contributed by atoms with Crippen LogP contribution in [0.15, 0.2) is 42.6 Å². The maximum Gasteiger partial charge on any atom is 0.276 e. The molecule has 0 atom stereocenters. The summed E-state index contributed by atoms with van der Waals surface area (Å²) in [6.45, 7) is 2.98. The first-order chi connectivity index (χ1) is 14.2. The van der Waals surface area contributed by atoms with Gasteiger partial charge in [0.05, 0.1) is 24.2 Å². The van der Waals surface area contributed by atoms with Gasteiger partial charge in [0.15, 0.2) is 5.69 Å². The van der Waals surface area contributed by atoms with Crippen LogP contribution in [0.4, 0.5) is 5.69 Å². The second-order valence-corrected chi connectivity index (χ2v) is 7.06. The number of anilines is 1. The van der Waals surface area contributed by atoms with E-state index < -0.39 is 0 Å². The molecule has 4 rings (SSSR count).